The number of rotatable bonds is 5. The van der Waals surface area contributed by atoms with Crippen LogP contribution in [0.25, 0.3) is 0 Å². The molecule has 4 heteroatoms. The van der Waals surface area contributed by atoms with Crippen LogP contribution in [0.1, 0.15) is 34.3 Å². The van der Waals surface area contributed by atoms with Gasteiger partial charge in [0.1, 0.15) is 11.9 Å². The second-order valence-electron chi connectivity index (χ2n) is 6.76. The van der Waals surface area contributed by atoms with Gasteiger partial charge in [0.15, 0.2) is 0 Å². The summed E-state index contributed by atoms with van der Waals surface area (Å²) in [6.07, 6.45) is 2.46. The summed E-state index contributed by atoms with van der Waals surface area (Å²) < 4.78 is 6.06. The van der Waals surface area contributed by atoms with Crippen LogP contribution >= 0.6 is 0 Å². The molecule has 1 N–H and O–H groups in total. The Morgan fingerprint density at radius 2 is 1.80 bits per heavy atom. The van der Waals surface area contributed by atoms with Crippen LogP contribution in [0, 0.1) is 6.92 Å². The van der Waals surface area contributed by atoms with Gasteiger partial charge >= 0.3 is 0 Å². The van der Waals surface area contributed by atoms with Crippen molar-refractivity contribution in [3.63, 3.8) is 0 Å². The summed E-state index contributed by atoms with van der Waals surface area (Å²) >= 11 is 0. The van der Waals surface area contributed by atoms with Crippen molar-refractivity contribution in [1.82, 2.24) is 10.2 Å². The molecule has 2 aromatic rings. The van der Waals surface area contributed by atoms with Crippen LogP contribution in [0.5, 0.6) is 5.75 Å². The highest BCUT2D eigenvalue weighted by atomic mass is 16.5. The number of piperidine rings is 1. The van der Waals surface area contributed by atoms with Crippen molar-refractivity contribution in [1.29, 1.82) is 0 Å². The van der Waals surface area contributed by atoms with E-state index in [1.165, 1.54) is 0 Å². The first-order chi connectivity index (χ1) is 12.1. The highest BCUT2D eigenvalue weighted by molar-refractivity contribution is 5.95. The number of nitrogens with zero attached hydrogens (tertiary/aromatic N) is 1. The monoisotopic (exact) mass is 338 g/mol. The Kier molecular flexibility index (Phi) is 5.71. The van der Waals surface area contributed by atoms with Crippen LogP contribution in [0.2, 0.25) is 0 Å². The minimum atomic E-state index is -0.0373. The Morgan fingerprint density at radius 1 is 1.12 bits per heavy atom. The number of hydrogen-bond donors (Lipinski definition) is 1. The molecule has 1 amide bonds. The second-order valence-corrected chi connectivity index (χ2v) is 6.76. The Bertz CT molecular complexity index is 704. The van der Waals surface area contributed by atoms with E-state index in [-0.39, 0.29) is 5.91 Å². The number of carbonyl (C=O) groups excluding carboxylic acids is 1. The van der Waals surface area contributed by atoms with Crippen LogP contribution in [0.3, 0.4) is 0 Å². The van der Waals surface area contributed by atoms with E-state index in [1.54, 1.807) is 0 Å². The number of carbonyl (C=O) groups is 1. The number of aryl methyl sites for hydroxylation is 1. The van der Waals surface area contributed by atoms with Crippen molar-refractivity contribution in [2.75, 3.05) is 20.1 Å². The third-order valence-electron chi connectivity index (χ3n) is 4.73. The normalized spacial score (nSPS) is 15.8. The molecule has 0 aromatic heterocycles. The van der Waals surface area contributed by atoms with Gasteiger partial charge in [-0.05, 0) is 56.1 Å². The predicted octanol–water partition coefficient (Wildman–Crippen LogP) is 3.40. The van der Waals surface area contributed by atoms with Gasteiger partial charge in [-0.25, -0.2) is 0 Å². The lowest BCUT2D eigenvalue weighted by molar-refractivity contribution is 0.0950. The van der Waals surface area contributed by atoms with Gasteiger partial charge in [-0.1, -0.05) is 30.3 Å². The summed E-state index contributed by atoms with van der Waals surface area (Å²) in [6, 6.07) is 15.6. The van der Waals surface area contributed by atoms with Crippen LogP contribution < -0.4 is 10.1 Å². The molecule has 0 aliphatic carbocycles. The maximum atomic E-state index is 12.3. The number of likely N-dealkylation sites (tertiary alicyclic amines) is 1. The molecule has 0 unspecified atom stereocenters. The van der Waals surface area contributed by atoms with Crippen molar-refractivity contribution >= 4 is 5.91 Å². The Labute approximate surface area is 149 Å². The zero-order valence-electron chi connectivity index (χ0n) is 15.0. The molecule has 1 saturated heterocycles. The molecule has 25 heavy (non-hydrogen) atoms. The summed E-state index contributed by atoms with van der Waals surface area (Å²) in [7, 11) is 2.15. The minimum absolute atomic E-state index is 0.0373. The van der Waals surface area contributed by atoms with E-state index in [1.807, 2.05) is 55.5 Å². The van der Waals surface area contributed by atoms with Crippen molar-refractivity contribution in [2.24, 2.45) is 0 Å². The van der Waals surface area contributed by atoms with Crippen LogP contribution in [-0.2, 0) is 6.54 Å². The molecule has 2 aromatic carbocycles. The first-order valence-electron chi connectivity index (χ1n) is 8.90. The molecule has 1 heterocycles. The Balaban J connectivity index is 1.51. The first kappa shape index (κ1) is 17.5. The van der Waals surface area contributed by atoms with Crippen LogP contribution in [0.15, 0.2) is 48.5 Å². The molecular weight excluding hydrogens is 312 g/mol. The zero-order chi connectivity index (χ0) is 17.6. The summed E-state index contributed by atoms with van der Waals surface area (Å²) in [4.78, 5) is 14.6. The van der Waals surface area contributed by atoms with Gasteiger partial charge in [-0.15, -0.1) is 0 Å². The molecule has 0 spiro atoms. The molecule has 1 fully saturated rings. The largest absolute Gasteiger partial charge is 0.490 e. The average Bonchev–Trinajstić information content (AvgIpc) is 2.63. The molecule has 3 rings (SSSR count). The summed E-state index contributed by atoms with van der Waals surface area (Å²) in [6.45, 7) is 4.65. The number of hydrogen-bond acceptors (Lipinski definition) is 3. The van der Waals surface area contributed by atoms with E-state index in [9.17, 15) is 4.79 Å². The lowest BCUT2D eigenvalue weighted by atomic mass is 10.1. The maximum absolute atomic E-state index is 12.3. The number of nitrogens with one attached hydrogen (secondary N) is 1. The van der Waals surface area contributed by atoms with Gasteiger partial charge in [0.25, 0.3) is 5.91 Å². The van der Waals surface area contributed by atoms with Gasteiger partial charge in [-0.2, -0.15) is 0 Å². The topological polar surface area (TPSA) is 41.6 Å². The fraction of sp³-hybridized carbons (Fsp3) is 0.381. The Hall–Kier alpha value is -2.33. The van der Waals surface area contributed by atoms with E-state index in [4.69, 9.17) is 4.74 Å². The molecule has 1 aliphatic rings. The predicted molar refractivity (Wildman–Crippen MR) is 99.9 cm³/mol. The van der Waals surface area contributed by atoms with Gasteiger partial charge in [0.2, 0.25) is 0 Å². The molecule has 0 atom stereocenters. The Morgan fingerprint density at radius 3 is 2.48 bits per heavy atom. The van der Waals surface area contributed by atoms with Gasteiger partial charge in [0.05, 0.1) is 0 Å². The molecular formula is C21H26N2O2. The number of amides is 1. The quantitative estimate of drug-likeness (QED) is 0.908. The lowest BCUT2D eigenvalue weighted by Crippen LogP contribution is -2.35. The van der Waals surface area contributed by atoms with Gasteiger partial charge in [0, 0.05) is 25.2 Å². The van der Waals surface area contributed by atoms with E-state index >= 15 is 0 Å². The zero-order valence-corrected chi connectivity index (χ0v) is 15.0. The summed E-state index contributed by atoms with van der Waals surface area (Å²) in [5.74, 6) is 0.869. The summed E-state index contributed by atoms with van der Waals surface area (Å²) in [5, 5.41) is 2.98. The third-order valence-corrected chi connectivity index (χ3v) is 4.73. The average molecular weight is 338 g/mol. The molecule has 4 nitrogen and oxygen atoms in total. The van der Waals surface area contributed by atoms with Crippen LogP contribution in [0.4, 0.5) is 0 Å². The third kappa shape index (κ3) is 4.83. The van der Waals surface area contributed by atoms with Crippen molar-refractivity contribution < 1.29 is 9.53 Å². The molecule has 132 valence electrons. The van der Waals surface area contributed by atoms with Crippen LogP contribution in [-0.4, -0.2) is 37.0 Å². The van der Waals surface area contributed by atoms with E-state index in [2.05, 4.69) is 17.3 Å². The van der Waals surface area contributed by atoms with Gasteiger partial charge in [-0.3, -0.25) is 4.79 Å². The van der Waals surface area contributed by atoms with E-state index in [0.717, 1.165) is 48.4 Å². The fourth-order valence-electron chi connectivity index (χ4n) is 3.09. The highest BCUT2D eigenvalue weighted by Crippen LogP contribution is 2.19. The number of ether oxygens (including phenoxy) is 1. The molecule has 0 radical (unpaired) electrons. The highest BCUT2D eigenvalue weighted by Gasteiger charge is 2.17. The molecule has 1 aliphatic heterocycles. The minimum Gasteiger partial charge on any atom is -0.490 e. The van der Waals surface area contributed by atoms with E-state index in [0.29, 0.717) is 12.6 Å². The first-order valence-corrected chi connectivity index (χ1v) is 8.90. The molecule has 0 bridgehead atoms. The SMILES string of the molecule is Cc1ccccc1C(=O)NCc1ccc(OC2CCN(C)CC2)cc1. The van der Waals surface area contributed by atoms with Crippen molar-refractivity contribution in [2.45, 2.75) is 32.4 Å². The lowest BCUT2D eigenvalue weighted by Gasteiger charge is -2.29. The van der Waals surface area contributed by atoms with Crippen molar-refractivity contribution in [3.05, 3.63) is 65.2 Å². The van der Waals surface area contributed by atoms with E-state index < -0.39 is 0 Å². The maximum Gasteiger partial charge on any atom is 0.251 e. The van der Waals surface area contributed by atoms with Gasteiger partial charge < -0.3 is 15.0 Å². The number of benzene rings is 2. The van der Waals surface area contributed by atoms with Crippen molar-refractivity contribution in [3.8, 4) is 5.75 Å². The standard InChI is InChI=1S/C21H26N2O2/c1-16-5-3-4-6-20(16)21(24)22-15-17-7-9-18(10-8-17)25-19-11-13-23(2)14-12-19/h3-10,19H,11-15H2,1-2H3,(H,22,24). The fourth-order valence-corrected chi connectivity index (χ4v) is 3.09. The smallest absolute Gasteiger partial charge is 0.251 e. The molecule has 0 saturated carbocycles. The summed E-state index contributed by atoms with van der Waals surface area (Å²) in [5.41, 5.74) is 2.78. The second kappa shape index (κ2) is 8.17.